The second-order valence-electron chi connectivity index (χ2n) is 6.73. The van der Waals surface area contributed by atoms with E-state index in [1.54, 1.807) is 42.5 Å². The van der Waals surface area contributed by atoms with Crippen molar-refractivity contribution in [3.63, 3.8) is 0 Å². The highest BCUT2D eigenvalue weighted by molar-refractivity contribution is 6.22. The smallest absolute Gasteiger partial charge is 0.255 e. The predicted octanol–water partition coefficient (Wildman–Crippen LogP) is 4.83. The van der Waals surface area contributed by atoms with Crippen molar-refractivity contribution in [3.8, 4) is 22.9 Å². The number of unbranched alkanes of at least 4 members (excludes halogenated alkanes) is 1. The number of rotatable bonds is 6. The van der Waals surface area contributed by atoms with Crippen molar-refractivity contribution in [2.75, 3.05) is 11.9 Å². The number of carbonyl (C=O) groups is 2. The van der Waals surface area contributed by atoms with Gasteiger partial charge >= 0.3 is 0 Å². The Morgan fingerprint density at radius 3 is 2.55 bits per heavy atom. The maximum atomic E-state index is 12.7. The van der Waals surface area contributed by atoms with Crippen LogP contribution in [-0.4, -0.2) is 18.3 Å². The van der Waals surface area contributed by atoms with Gasteiger partial charge in [-0.3, -0.25) is 9.59 Å². The standard InChI is InChI=1S/C24H18N2O3/c25-12-3-4-13-29-18-7-5-6-17(15-18)26-24(28)16-10-11-20-19-8-1-2-9-21(19)23(27)22(20)14-16/h1-2,5-11,14-15H,3-4,13H2,(H,26,28). The van der Waals surface area contributed by atoms with Crippen LogP contribution in [-0.2, 0) is 0 Å². The van der Waals surface area contributed by atoms with Crippen LogP contribution in [0.5, 0.6) is 5.75 Å². The number of fused-ring (bicyclic) bond motifs is 3. The van der Waals surface area contributed by atoms with E-state index in [0.29, 0.717) is 47.6 Å². The monoisotopic (exact) mass is 382 g/mol. The summed E-state index contributed by atoms with van der Waals surface area (Å²) in [5.41, 5.74) is 4.00. The molecule has 29 heavy (non-hydrogen) atoms. The lowest BCUT2D eigenvalue weighted by Crippen LogP contribution is -2.12. The maximum absolute atomic E-state index is 12.7. The van der Waals surface area contributed by atoms with Gasteiger partial charge in [0.25, 0.3) is 5.91 Å². The number of benzene rings is 3. The number of nitrogens with zero attached hydrogens (tertiary/aromatic N) is 1. The number of anilines is 1. The molecule has 0 unspecified atom stereocenters. The first-order chi connectivity index (χ1) is 14.2. The highest BCUT2D eigenvalue weighted by Crippen LogP contribution is 2.36. The van der Waals surface area contributed by atoms with Crippen molar-refractivity contribution in [3.05, 3.63) is 83.4 Å². The molecule has 0 aromatic heterocycles. The molecule has 1 aliphatic rings. The van der Waals surface area contributed by atoms with Crippen LogP contribution in [0.3, 0.4) is 0 Å². The van der Waals surface area contributed by atoms with Gasteiger partial charge in [-0.1, -0.05) is 36.4 Å². The number of amides is 1. The SMILES string of the molecule is N#CCCCOc1cccc(NC(=O)c2ccc3c(c2)C(=O)c2ccccc2-3)c1. The lowest BCUT2D eigenvalue weighted by molar-refractivity contribution is 0.102. The normalized spacial score (nSPS) is 11.3. The molecule has 0 heterocycles. The zero-order valence-electron chi connectivity index (χ0n) is 15.6. The second-order valence-corrected chi connectivity index (χ2v) is 6.73. The Morgan fingerprint density at radius 1 is 0.931 bits per heavy atom. The zero-order chi connectivity index (χ0) is 20.2. The number of carbonyl (C=O) groups excluding carboxylic acids is 2. The first-order valence-electron chi connectivity index (χ1n) is 9.36. The number of nitriles is 1. The van der Waals surface area contributed by atoms with E-state index in [1.165, 1.54) is 0 Å². The number of ketones is 1. The fraction of sp³-hybridized carbons (Fsp3) is 0.125. The summed E-state index contributed by atoms with van der Waals surface area (Å²) in [5, 5.41) is 11.4. The molecule has 3 aromatic carbocycles. The lowest BCUT2D eigenvalue weighted by Gasteiger charge is -2.09. The van der Waals surface area contributed by atoms with Crippen LogP contribution in [0.1, 0.15) is 39.1 Å². The molecule has 0 spiro atoms. The summed E-state index contributed by atoms with van der Waals surface area (Å²) in [5.74, 6) is 0.275. The van der Waals surface area contributed by atoms with Crippen LogP contribution >= 0.6 is 0 Å². The molecule has 4 rings (SSSR count). The minimum absolute atomic E-state index is 0.0574. The van der Waals surface area contributed by atoms with Gasteiger partial charge in [0.15, 0.2) is 5.78 Å². The Morgan fingerprint density at radius 2 is 1.72 bits per heavy atom. The van der Waals surface area contributed by atoms with Crippen molar-refractivity contribution < 1.29 is 14.3 Å². The van der Waals surface area contributed by atoms with Gasteiger partial charge in [-0.2, -0.15) is 5.26 Å². The van der Waals surface area contributed by atoms with Gasteiger partial charge in [-0.25, -0.2) is 0 Å². The predicted molar refractivity (Wildman–Crippen MR) is 110 cm³/mol. The van der Waals surface area contributed by atoms with Crippen molar-refractivity contribution in [2.45, 2.75) is 12.8 Å². The number of nitrogens with one attached hydrogen (secondary N) is 1. The van der Waals surface area contributed by atoms with Crippen LogP contribution in [0.4, 0.5) is 5.69 Å². The molecule has 142 valence electrons. The van der Waals surface area contributed by atoms with E-state index in [1.807, 2.05) is 24.3 Å². The minimum Gasteiger partial charge on any atom is -0.493 e. The van der Waals surface area contributed by atoms with E-state index in [-0.39, 0.29) is 11.7 Å². The maximum Gasteiger partial charge on any atom is 0.255 e. The fourth-order valence-electron chi connectivity index (χ4n) is 3.38. The Hall–Kier alpha value is -3.91. The zero-order valence-corrected chi connectivity index (χ0v) is 15.6. The van der Waals surface area contributed by atoms with E-state index < -0.39 is 0 Å². The molecule has 0 bridgehead atoms. The van der Waals surface area contributed by atoms with Gasteiger partial charge in [-0.05, 0) is 41.8 Å². The molecule has 0 fully saturated rings. The molecule has 0 aliphatic heterocycles. The third-order valence-corrected chi connectivity index (χ3v) is 4.78. The Balaban J connectivity index is 1.49. The minimum atomic E-state index is -0.293. The molecule has 5 nitrogen and oxygen atoms in total. The number of hydrogen-bond acceptors (Lipinski definition) is 4. The molecular formula is C24H18N2O3. The molecular weight excluding hydrogens is 364 g/mol. The van der Waals surface area contributed by atoms with E-state index >= 15 is 0 Å². The van der Waals surface area contributed by atoms with Crippen molar-refractivity contribution in [1.29, 1.82) is 5.26 Å². The Kier molecular flexibility index (Phi) is 5.08. The summed E-state index contributed by atoms with van der Waals surface area (Å²) in [6, 6.07) is 21.8. The van der Waals surface area contributed by atoms with Gasteiger partial charge in [0.1, 0.15) is 5.75 Å². The van der Waals surface area contributed by atoms with E-state index in [9.17, 15) is 9.59 Å². The van der Waals surface area contributed by atoms with E-state index in [2.05, 4.69) is 11.4 Å². The second kappa shape index (κ2) is 7.99. The van der Waals surface area contributed by atoms with Crippen molar-refractivity contribution in [1.82, 2.24) is 0 Å². The lowest BCUT2D eigenvalue weighted by atomic mass is 10.0. The highest BCUT2D eigenvalue weighted by Gasteiger charge is 2.27. The Labute approximate surface area is 168 Å². The summed E-state index contributed by atoms with van der Waals surface area (Å²) < 4.78 is 5.60. The number of hydrogen-bond donors (Lipinski definition) is 1. The Bertz CT molecular complexity index is 1140. The van der Waals surface area contributed by atoms with Crippen molar-refractivity contribution in [2.24, 2.45) is 0 Å². The van der Waals surface area contributed by atoms with Gasteiger partial charge in [0, 0.05) is 34.9 Å². The van der Waals surface area contributed by atoms with Crippen molar-refractivity contribution >= 4 is 17.4 Å². The highest BCUT2D eigenvalue weighted by atomic mass is 16.5. The van der Waals surface area contributed by atoms with Crippen LogP contribution in [0, 0.1) is 11.3 Å². The summed E-state index contributed by atoms with van der Waals surface area (Å²) in [4.78, 5) is 25.3. The molecule has 5 heteroatoms. The summed E-state index contributed by atoms with van der Waals surface area (Å²) in [6.07, 6.45) is 1.09. The van der Waals surface area contributed by atoms with Gasteiger partial charge in [0.05, 0.1) is 12.7 Å². The first-order valence-corrected chi connectivity index (χ1v) is 9.36. The van der Waals surface area contributed by atoms with Gasteiger partial charge in [0.2, 0.25) is 0 Å². The molecule has 1 aliphatic carbocycles. The van der Waals surface area contributed by atoms with Gasteiger partial charge < -0.3 is 10.1 Å². The van der Waals surface area contributed by atoms with Crippen LogP contribution in [0.2, 0.25) is 0 Å². The topological polar surface area (TPSA) is 79.2 Å². The van der Waals surface area contributed by atoms with Crippen LogP contribution < -0.4 is 10.1 Å². The molecule has 3 aromatic rings. The van der Waals surface area contributed by atoms with Gasteiger partial charge in [-0.15, -0.1) is 0 Å². The largest absolute Gasteiger partial charge is 0.493 e. The molecule has 0 saturated carbocycles. The summed E-state index contributed by atoms with van der Waals surface area (Å²) in [6.45, 7) is 0.443. The molecule has 0 atom stereocenters. The third-order valence-electron chi connectivity index (χ3n) is 4.78. The fourth-order valence-corrected chi connectivity index (χ4v) is 3.38. The quantitative estimate of drug-likeness (QED) is 0.484. The average Bonchev–Trinajstić information content (AvgIpc) is 3.04. The van der Waals surface area contributed by atoms with Crippen LogP contribution in [0.15, 0.2) is 66.7 Å². The molecule has 0 radical (unpaired) electrons. The average molecular weight is 382 g/mol. The molecule has 0 saturated heterocycles. The van der Waals surface area contributed by atoms with E-state index in [4.69, 9.17) is 10.00 Å². The van der Waals surface area contributed by atoms with E-state index in [0.717, 1.165) is 11.1 Å². The third kappa shape index (κ3) is 3.74. The molecule has 1 amide bonds. The van der Waals surface area contributed by atoms with Crippen LogP contribution in [0.25, 0.3) is 11.1 Å². The summed E-state index contributed by atoms with van der Waals surface area (Å²) >= 11 is 0. The molecule has 1 N–H and O–H groups in total. The summed E-state index contributed by atoms with van der Waals surface area (Å²) in [7, 11) is 0. The number of ether oxygens (including phenoxy) is 1. The first kappa shape index (κ1) is 18.5.